The minimum Gasteiger partial charge on any atom is -0.329 e. The largest absolute Gasteiger partial charge is 0.401 e. The molecule has 0 saturated heterocycles. The number of nitrogens with one attached hydrogen (secondary N) is 1. The predicted molar refractivity (Wildman–Crippen MR) is 48.9 cm³/mol. The smallest absolute Gasteiger partial charge is 0.329 e. The Bertz CT molecular complexity index is 193. The molecule has 2 unspecified atom stereocenters. The van der Waals surface area contributed by atoms with E-state index >= 15 is 0 Å². The summed E-state index contributed by atoms with van der Waals surface area (Å²) in [4.78, 5) is 0. The molecule has 84 valence electrons. The Morgan fingerprint density at radius 1 is 1.50 bits per heavy atom. The average Bonchev–Trinajstić information content (AvgIpc) is 2.44. The Labute approximate surface area is 82.0 Å². The van der Waals surface area contributed by atoms with Gasteiger partial charge in [-0.3, -0.25) is 0 Å². The first kappa shape index (κ1) is 11.8. The summed E-state index contributed by atoms with van der Waals surface area (Å²) in [6.07, 6.45) is -1.68. The SMILES string of the molecule is CC1CCC(CN)(NCC(F)(F)F)C1. The first-order chi connectivity index (χ1) is 6.37. The van der Waals surface area contributed by atoms with Crippen LogP contribution in [0.3, 0.4) is 0 Å². The van der Waals surface area contributed by atoms with Crippen molar-refractivity contribution in [1.29, 1.82) is 0 Å². The maximum atomic E-state index is 12.0. The highest BCUT2D eigenvalue weighted by atomic mass is 19.4. The number of nitrogens with two attached hydrogens (primary N) is 1. The molecule has 5 heteroatoms. The highest BCUT2D eigenvalue weighted by molar-refractivity contribution is 4.96. The molecule has 3 N–H and O–H groups in total. The molecule has 0 aliphatic heterocycles. The second kappa shape index (κ2) is 4.06. The van der Waals surface area contributed by atoms with Gasteiger partial charge in [0.15, 0.2) is 0 Å². The van der Waals surface area contributed by atoms with Crippen molar-refractivity contribution in [1.82, 2.24) is 5.32 Å². The normalized spacial score (nSPS) is 33.6. The molecular weight excluding hydrogens is 193 g/mol. The van der Waals surface area contributed by atoms with E-state index in [1.807, 2.05) is 6.92 Å². The first-order valence-corrected chi connectivity index (χ1v) is 4.89. The van der Waals surface area contributed by atoms with E-state index in [-0.39, 0.29) is 6.54 Å². The lowest BCUT2D eigenvalue weighted by molar-refractivity contribution is -0.128. The first-order valence-electron chi connectivity index (χ1n) is 4.89. The van der Waals surface area contributed by atoms with Crippen molar-refractivity contribution in [2.75, 3.05) is 13.1 Å². The number of rotatable bonds is 3. The van der Waals surface area contributed by atoms with Gasteiger partial charge in [0, 0.05) is 12.1 Å². The summed E-state index contributed by atoms with van der Waals surface area (Å²) in [7, 11) is 0. The van der Waals surface area contributed by atoms with E-state index in [9.17, 15) is 13.2 Å². The van der Waals surface area contributed by atoms with Gasteiger partial charge in [-0.2, -0.15) is 13.2 Å². The van der Waals surface area contributed by atoms with E-state index in [4.69, 9.17) is 5.73 Å². The van der Waals surface area contributed by atoms with Crippen molar-refractivity contribution in [3.05, 3.63) is 0 Å². The topological polar surface area (TPSA) is 38.0 Å². The summed E-state index contributed by atoms with van der Waals surface area (Å²) in [5.41, 5.74) is 5.05. The standard InChI is InChI=1S/C9H17F3N2/c1-7-2-3-8(4-7,5-13)14-6-9(10,11)12/h7,14H,2-6,13H2,1H3. The molecule has 1 fully saturated rings. The Hall–Kier alpha value is -0.290. The van der Waals surface area contributed by atoms with Crippen molar-refractivity contribution in [2.45, 2.75) is 37.9 Å². The van der Waals surface area contributed by atoms with Crippen LogP contribution in [0.25, 0.3) is 0 Å². The maximum Gasteiger partial charge on any atom is 0.401 e. The number of alkyl halides is 3. The molecule has 0 aromatic heterocycles. The van der Waals surface area contributed by atoms with Crippen LogP contribution >= 0.6 is 0 Å². The molecule has 1 aliphatic carbocycles. The summed E-state index contributed by atoms with van der Waals surface area (Å²) >= 11 is 0. The van der Waals surface area contributed by atoms with Crippen molar-refractivity contribution >= 4 is 0 Å². The minimum absolute atomic E-state index is 0.285. The third-order valence-corrected chi connectivity index (χ3v) is 2.91. The van der Waals surface area contributed by atoms with Crippen LogP contribution < -0.4 is 11.1 Å². The quantitative estimate of drug-likeness (QED) is 0.743. The summed E-state index contributed by atoms with van der Waals surface area (Å²) in [6.45, 7) is 1.40. The van der Waals surface area contributed by atoms with Gasteiger partial charge in [0.1, 0.15) is 0 Å². The summed E-state index contributed by atoms with van der Waals surface area (Å²) in [6, 6.07) is 0. The Morgan fingerprint density at radius 3 is 2.50 bits per heavy atom. The van der Waals surface area contributed by atoms with Crippen LogP contribution in [0, 0.1) is 5.92 Å². The maximum absolute atomic E-state index is 12.0. The molecule has 14 heavy (non-hydrogen) atoms. The second-order valence-corrected chi connectivity index (χ2v) is 4.30. The summed E-state index contributed by atoms with van der Waals surface area (Å²) in [5, 5.41) is 2.57. The van der Waals surface area contributed by atoms with Crippen molar-refractivity contribution in [3.63, 3.8) is 0 Å². The van der Waals surface area contributed by atoms with Crippen LogP contribution in [0.2, 0.25) is 0 Å². The molecular formula is C9H17F3N2. The molecule has 1 rings (SSSR count). The van der Waals surface area contributed by atoms with Crippen LogP contribution in [0.1, 0.15) is 26.2 Å². The molecule has 1 aliphatic rings. The molecule has 0 amide bonds. The zero-order valence-corrected chi connectivity index (χ0v) is 8.32. The van der Waals surface area contributed by atoms with Crippen LogP contribution in [0.4, 0.5) is 13.2 Å². The zero-order valence-electron chi connectivity index (χ0n) is 8.32. The summed E-state index contributed by atoms with van der Waals surface area (Å²) in [5.74, 6) is 0.472. The van der Waals surface area contributed by atoms with Gasteiger partial charge >= 0.3 is 6.18 Å². The third-order valence-electron chi connectivity index (χ3n) is 2.91. The molecule has 0 heterocycles. The van der Waals surface area contributed by atoms with E-state index in [1.54, 1.807) is 0 Å². The Morgan fingerprint density at radius 2 is 2.14 bits per heavy atom. The number of hydrogen-bond donors (Lipinski definition) is 2. The van der Waals surface area contributed by atoms with E-state index in [2.05, 4.69) is 5.32 Å². The summed E-state index contributed by atoms with van der Waals surface area (Å²) < 4.78 is 36.0. The zero-order chi connectivity index (χ0) is 10.8. The highest BCUT2D eigenvalue weighted by Gasteiger charge is 2.39. The van der Waals surface area contributed by atoms with Gasteiger partial charge in [-0.1, -0.05) is 6.92 Å². The fourth-order valence-corrected chi connectivity index (χ4v) is 2.10. The van der Waals surface area contributed by atoms with Gasteiger partial charge in [0.2, 0.25) is 0 Å². The Balaban J connectivity index is 2.47. The molecule has 0 spiro atoms. The second-order valence-electron chi connectivity index (χ2n) is 4.30. The molecule has 2 nitrogen and oxygen atoms in total. The molecule has 0 radical (unpaired) electrons. The lowest BCUT2D eigenvalue weighted by Gasteiger charge is -2.29. The van der Waals surface area contributed by atoms with Crippen LogP contribution in [-0.4, -0.2) is 24.8 Å². The monoisotopic (exact) mass is 210 g/mol. The van der Waals surface area contributed by atoms with Crippen LogP contribution in [0.15, 0.2) is 0 Å². The van der Waals surface area contributed by atoms with Gasteiger partial charge in [0.05, 0.1) is 6.54 Å². The van der Waals surface area contributed by atoms with E-state index < -0.39 is 18.3 Å². The van der Waals surface area contributed by atoms with Gasteiger partial charge in [0.25, 0.3) is 0 Å². The fraction of sp³-hybridized carbons (Fsp3) is 1.00. The van der Waals surface area contributed by atoms with Crippen LogP contribution in [0.5, 0.6) is 0 Å². The minimum atomic E-state index is -4.14. The predicted octanol–water partition coefficient (Wildman–Crippen LogP) is 1.66. The highest BCUT2D eigenvalue weighted by Crippen LogP contribution is 2.34. The Kier molecular flexibility index (Phi) is 3.42. The van der Waals surface area contributed by atoms with Gasteiger partial charge in [-0.05, 0) is 25.2 Å². The van der Waals surface area contributed by atoms with Gasteiger partial charge in [-0.15, -0.1) is 0 Å². The fourth-order valence-electron chi connectivity index (χ4n) is 2.10. The van der Waals surface area contributed by atoms with E-state index in [0.29, 0.717) is 5.92 Å². The van der Waals surface area contributed by atoms with E-state index in [1.165, 1.54) is 0 Å². The van der Waals surface area contributed by atoms with Crippen molar-refractivity contribution in [3.8, 4) is 0 Å². The molecule has 2 atom stereocenters. The number of halogens is 3. The van der Waals surface area contributed by atoms with Gasteiger partial charge < -0.3 is 11.1 Å². The molecule has 1 saturated carbocycles. The van der Waals surface area contributed by atoms with Crippen molar-refractivity contribution < 1.29 is 13.2 Å². The van der Waals surface area contributed by atoms with E-state index in [0.717, 1.165) is 19.3 Å². The van der Waals surface area contributed by atoms with Crippen molar-refractivity contribution in [2.24, 2.45) is 11.7 Å². The van der Waals surface area contributed by atoms with Crippen LogP contribution in [-0.2, 0) is 0 Å². The average molecular weight is 210 g/mol. The van der Waals surface area contributed by atoms with Gasteiger partial charge in [-0.25, -0.2) is 0 Å². The molecule has 0 aromatic rings. The molecule has 0 aromatic carbocycles. The third kappa shape index (κ3) is 3.13. The molecule has 0 bridgehead atoms. The lowest BCUT2D eigenvalue weighted by atomic mass is 9.96. The lowest BCUT2D eigenvalue weighted by Crippen LogP contribution is -2.52. The number of hydrogen-bond acceptors (Lipinski definition) is 2.